The molecule has 1 heterocycles. The molecule has 1 fully saturated rings. The largest absolute Gasteiger partial charge is 0.469 e. The molecule has 0 atom stereocenters. The molecule has 0 bridgehead atoms. The number of hydrogen-bond acceptors (Lipinski definition) is 7. The van der Waals surface area contributed by atoms with Gasteiger partial charge in [-0.05, 0) is 32.1 Å². The molecule has 0 aromatic rings. The summed E-state index contributed by atoms with van der Waals surface area (Å²) in [5, 5.41) is 3.04. The molecule has 3 amide bonds. The first-order valence-electron chi connectivity index (χ1n) is 9.37. The van der Waals surface area contributed by atoms with Crippen LogP contribution in [0.2, 0.25) is 0 Å². The van der Waals surface area contributed by atoms with Crippen LogP contribution in [-0.4, -0.2) is 51.7 Å². The Morgan fingerprint density at radius 2 is 1.66 bits per heavy atom. The molecule has 1 rings (SSSR count). The van der Waals surface area contributed by atoms with Gasteiger partial charge in [0.15, 0.2) is 0 Å². The Kier molecular flexibility index (Phi) is 11.4. The van der Waals surface area contributed by atoms with Gasteiger partial charge < -0.3 is 19.9 Å². The molecule has 11 nitrogen and oxygen atoms in total. The summed E-state index contributed by atoms with van der Waals surface area (Å²) in [6.45, 7) is -0.226. The third-order valence-electron chi connectivity index (χ3n) is 3.83. The second kappa shape index (κ2) is 13.2. The van der Waals surface area contributed by atoms with Gasteiger partial charge in [0.05, 0.1) is 6.61 Å². The highest BCUT2D eigenvalue weighted by Gasteiger charge is 2.32. The predicted molar refractivity (Wildman–Crippen MR) is 99.6 cm³/mol. The van der Waals surface area contributed by atoms with Crippen molar-refractivity contribution >= 4 is 31.5 Å². The Bertz CT molecular complexity index is 643. The van der Waals surface area contributed by atoms with Crippen molar-refractivity contribution < 1.29 is 42.9 Å². The third kappa shape index (κ3) is 12.2. The van der Waals surface area contributed by atoms with E-state index in [-0.39, 0.29) is 38.3 Å². The van der Waals surface area contributed by atoms with Crippen LogP contribution in [0.3, 0.4) is 0 Å². The number of nitrogens with zero attached hydrogens (tertiary/aromatic N) is 1. The minimum Gasteiger partial charge on any atom is -0.354 e. The van der Waals surface area contributed by atoms with E-state index in [1.165, 1.54) is 0 Å². The summed E-state index contributed by atoms with van der Waals surface area (Å²) in [6, 6.07) is 0. The minimum atomic E-state index is -4.50. The smallest absolute Gasteiger partial charge is 0.354 e. The van der Waals surface area contributed by atoms with Crippen LogP contribution in [0.1, 0.15) is 57.8 Å². The molecule has 0 aromatic heterocycles. The fourth-order valence-corrected chi connectivity index (χ4v) is 2.73. The van der Waals surface area contributed by atoms with Crippen molar-refractivity contribution in [3.63, 3.8) is 0 Å². The zero-order chi connectivity index (χ0) is 21.7. The summed E-state index contributed by atoms with van der Waals surface area (Å²) < 4.78 is 14.6. The summed E-state index contributed by atoms with van der Waals surface area (Å²) in [4.78, 5) is 67.5. The van der Waals surface area contributed by atoms with Gasteiger partial charge in [0.2, 0.25) is 5.91 Å². The Balaban J connectivity index is 1.96. The van der Waals surface area contributed by atoms with E-state index in [2.05, 4.69) is 9.84 Å². The van der Waals surface area contributed by atoms with Crippen LogP contribution in [0.15, 0.2) is 12.2 Å². The number of nitrogens with one attached hydrogen (secondary N) is 1. The molecule has 1 saturated heterocycles. The minimum absolute atomic E-state index is 0.0301. The molecule has 12 heteroatoms. The molecular weight excluding hydrogens is 407 g/mol. The fourth-order valence-electron chi connectivity index (χ4n) is 2.40. The van der Waals surface area contributed by atoms with E-state index in [1.807, 2.05) is 12.2 Å². The SMILES string of the molecule is O=C(CCC/C=C/CCCCC(=O)ON1C(=O)CCC1=O)NCCOP(=O)(O)O. The van der Waals surface area contributed by atoms with Gasteiger partial charge in [0.25, 0.3) is 11.8 Å². The van der Waals surface area contributed by atoms with E-state index in [0.717, 1.165) is 12.8 Å². The van der Waals surface area contributed by atoms with Crippen LogP contribution >= 0.6 is 7.82 Å². The summed E-state index contributed by atoms with van der Waals surface area (Å²) in [5.74, 6) is -1.81. The average molecular weight is 434 g/mol. The lowest BCUT2D eigenvalue weighted by atomic mass is 10.1. The van der Waals surface area contributed by atoms with Crippen molar-refractivity contribution in [2.75, 3.05) is 13.2 Å². The summed E-state index contributed by atoms with van der Waals surface area (Å²) >= 11 is 0. The lowest BCUT2D eigenvalue weighted by molar-refractivity contribution is -0.197. The van der Waals surface area contributed by atoms with Crippen molar-refractivity contribution in [3.8, 4) is 0 Å². The van der Waals surface area contributed by atoms with Crippen molar-refractivity contribution in [1.82, 2.24) is 10.4 Å². The maximum Gasteiger partial charge on any atom is 0.469 e. The number of imide groups is 1. The van der Waals surface area contributed by atoms with Crippen LogP contribution in [0.5, 0.6) is 0 Å². The number of phosphoric ester groups is 1. The zero-order valence-electron chi connectivity index (χ0n) is 16.1. The Morgan fingerprint density at radius 1 is 1.03 bits per heavy atom. The average Bonchev–Trinajstić information content (AvgIpc) is 2.95. The van der Waals surface area contributed by atoms with Gasteiger partial charge in [-0.15, -0.1) is 5.06 Å². The van der Waals surface area contributed by atoms with E-state index in [4.69, 9.17) is 14.6 Å². The highest BCUT2D eigenvalue weighted by Crippen LogP contribution is 2.35. The second-order valence-electron chi connectivity index (χ2n) is 6.33. The molecular formula is C17H27N2O9P. The van der Waals surface area contributed by atoms with Crippen molar-refractivity contribution in [2.24, 2.45) is 0 Å². The molecule has 0 aromatic carbocycles. The number of unbranched alkanes of at least 4 members (excludes halogenated alkanes) is 3. The normalized spacial score (nSPS) is 14.6. The van der Waals surface area contributed by atoms with Gasteiger partial charge in [0.1, 0.15) is 0 Å². The summed E-state index contributed by atoms with van der Waals surface area (Å²) in [6.07, 6.45) is 7.84. The molecule has 0 radical (unpaired) electrons. The number of carbonyl (C=O) groups is 4. The number of hydrogen-bond donors (Lipinski definition) is 3. The van der Waals surface area contributed by atoms with Crippen molar-refractivity contribution in [3.05, 3.63) is 12.2 Å². The first-order chi connectivity index (χ1) is 13.7. The van der Waals surface area contributed by atoms with Crippen LogP contribution in [0, 0.1) is 0 Å². The summed E-state index contributed by atoms with van der Waals surface area (Å²) in [5.41, 5.74) is 0. The lowest BCUT2D eigenvalue weighted by Crippen LogP contribution is -2.31. The highest BCUT2D eigenvalue weighted by atomic mass is 31.2. The van der Waals surface area contributed by atoms with Crippen LogP contribution < -0.4 is 5.32 Å². The van der Waals surface area contributed by atoms with Crippen molar-refractivity contribution in [2.45, 2.75) is 57.8 Å². The molecule has 0 saturated carbocycles. The monoisotopic (exact) mass is 434 g/mol. The maximum atomic E-state index is 11.6. The van der Waals surface area contributed by atoms with Gasteiger partial charge in [-0.2, -0.15) is 0 Å². The summed E-state index contributed by atoms with van der Waals surface area (Å²) in [7, 11) is -4.50. The van der Waals surface area contributed by atoms with E-state index in [9.17, 15) is 23.7 Å². The highest BCUT2D eigenvalue weighted by molar-refractivity contribution is 7.46. The van der Waals surface area contributed by atoms with E-state index < -0.39 is 25.6 Å². The predicted octanol–water partition coefficient (Wildman–Crippen LogP) is 1.11. The van der Waals surface area contributed by atoms with Crippen molar-refractivity contribution in [1.29, 1.82) is 0 Å². The number of amides is 3. The van der Waals surface area contributed by atoms with Gasteiger partial charge in [-0.3, -0.25) is 18.9 Å². The zero-order valence-corrected chi connectivity index (χ0v) is 17.0. The number of rotatable bonds is 14. The maximum absolute atomic E-state index is 11.6. The van der Waals surface area contributed by atoms with E-state index in [0.29, 0.717) is 30.7 Å². The quantitative estimate of drug-likeness (QED) is 0.157. The molecule has 1 aliphatic rings. The topological polar surface area (TPSA) is 160 Å². The Hall–Kier alpha value is -2.07. The molecule has 1 aliphatic heterocycles. The molecule has 0 aliphatic carbocycles. The van der Waals surface area contributed by atoms with Gasteiger partial charge >= 0.3 is 13.8 Å². The van der Waals surface area contributed by atoms with Crippen LogP contribution in [0.25, 0.3) is 0 Å². The number of allylic oxidation sites excluding steroid dienone is 2. The number of hydroxylamine groups is 2. The second-order valence-corrected chi connectivity index (χ2v) is 7.57. The van der Waals surface area contributed by atoms with Crippen LogP contribution in [0.4, 0.5) is 0 Å². The van der Waals surface area contributed by atoms with Crippen LogP contribution in [-0.2, 0) is 33.1 Å². The standard InChI is InChI=1S/C17H27N2O9P/c20-14(18-12-13-27-29(24,25)26)8-6-4-2-1-3-5-7-9-17(23)28-19-15(21)10-11-16(19)22/h1-2H,3-13H2,(H,18,20)(H2,24,25,26)/b2-1+. The van der Waals surface area contributed by atoms with Gasteiger partial charge in [-0.25, -0.2) is 9.36 Å². The molecule has 0 spiro atoms. The Morgan fingerprint density at radius 3 is 2.28 bits per heavy atom. The van der Waals surface area contributed by atoms with E-state index in [1.54, 1.807) is 0 Å². The Labute approximate surface area is 168 Å². The van der Waals surface area contributed by atoms with Gasteiger partial charge in [-0.1, -0.05) is 12.2 Å². The number of carbonyl (C=O) groups excluding carboxylic acids is 4. The van der Waals surface area contributed by atoms with Gasteiger partial charge in [0, 0.05) is 32.2 Å². The first-order valence-corrected chi connectivity index (χ1v) is 10.9. The fraction of sp³-hybridized carbons (Fsp3) is 0.647. The first kappa shape index (κ1) is 25.0. The number of phosphoric acid groups is 1. The third-order valence-corrected chi connectivity index (χ3v) is 4.34. The molecule has 0 unspecified atom stereocenters. The molecule has 3 N–H and O–H groups in total. The molecule has 164 valence electrons. The lowest BCUT2D eigenvalue weighted by Gasteiger charge is -2.12. The van der Waals surface area contributed by atoms with E-state index >= 15 is 0 Å². The molecule has 29 heavy (non-hydrogen) atoms.